The Labute approximate surface area is 141 Å². The Morgan fingerprint density at radius 2 is 1.82 bits per heavy atom. The molecule has 9 heteroatoms. The van der Waals surface area contributed by atoms with Gasteiger partial charge in [0, 0.05) is 12.3 Å². The van der Waals surface area contributed by atoms with Crippen molar-refractivity contribution >= 4 is 43.2 Å². The number of rotatable bonds is 8. The zero-order valence-corrected chi connectivity index (χ0v) is 14.8. The number of carbonyl (C=O) groups is 3. The third-order valence-electron chi connectivity index (χ3n) is 2.41. The molecule has 0 aliphatic carbocycles. The standard InChI is InChI=1S/C13H24N2O5S2/c1-13(2,3)20-12(19)15(5-7-22)8-10(16)14-9(4-6-21)11(17)18/h9,21-22H,4-8H2,1-3H3,(H,14,16)(H,17,18)/t9-/m0/s1. The Bertz CT molecular complexity index is 398. The first-order valence-corrected chi connectivity index (χ1v) is 8.09. The molecule has 0 bridgehead atoms. The van der Waals surface area contributed by atoms with Gasteiger partial charge in [0.05, 0.1) is 0 Å². The number of carboxylic acid groups (broad SMARTS) is 1. The summed E-state index contributed by atoms with van der Waals surface area (Å²) >= 11 is 7.99. The third kappa shape index (κ3) is 9.04. The van der Waals surface area contributed by atoms with Crippen molar-refractivity contribution in [3.8, 4) is 0 Å². The number of carboxylic acids is 1. The summed E-state index contributed by atoms with van der Waals surface area (Å²) in [6.45, 7) is 5.09. The maximum absolute atomic E-state index is 12.0. The Morgan fingerprint density at radius 1 is 1.23 bits per heavy atom. The van der Waals surface area contributed by atoms with E-state index in [0.29, 0.717) is 11.5 Å². The maximum Gasteiger partial charge on any atom is 0.410 e. The molecule has 0 aliphatic rings. The normalized spacial score (nSPS) is 12.4. The maximum atomic E-state index is 12.0. The average molecular weight is 352 g/mol. The van der Waals surface area contributed by atoms with E-state index in [9.17, 15) is 14.4 Å². The van der Waals surface area contributed by atoms with Crippen LogP contribution in [0, 0.1) is 0 Å². The average Bonchev–Trinajstić information content (AvgIpc) is 2.35. The summed E-state index contributed by atoms with van der Waals surface area (Å²) in [6.07, 6.45) is -0.443. The molecule has 0 spiro atoms. The van der Waals surface area contributed by atoms with Gasteiger partial charge in [-0.3, -0.25) is 9.69 Å². The van der Waals surface area contributed by atoms with Crippen molar-refractivity contribution in [3.05, 3.63) is 0 Å². The summed E-state index contributed by atoms with van der Waals surface area (Å²) in [6, 6.07) is -1.03. The highest BCUT2D eigenvalue weighted by molar-refractivity contribution is 7.80. The van der Waals surface area contributed by atoms with Crippen LogP contribution >= 0.6 is 25.3 Å². The van der Waals surface area contributed by atoms with Crippen molar-refractivity contribution in [2.45, 2.75) is 38.8 Å². The van der Waals surface area contributed by atoms with Crippen molar-refractivity contribution in [2.75, 3.05) is 24.6 Å². The van der Waals surface area contributed by atoms with Gasteiger partial charge in [0.15, 0.2) is 0 Å². The minimum Gasteiger partial charge on any atom is -0.480 e. The third-order valence-corrected chi connectivity index (χ3v) is 2.87. The summed E-state index contributed by atoms with van der Waals surface area (Å²) in [4.78, 5) is 36.1. The second kappa shape index (κ2) is 9.83. The summed E-state index contributed by atoms with van der Waals surface area (Å²) in [5.41, 5.74) is -0.683. The minimum atomic E-state index is -1.14. The van der Waals surface area contributed by atoms with E-state index in [2.05, 4.69) is 30.6 Å². The van der Waals surface area contributed by atoms with Crippen LogP contribution in [0.15, 0.2) is 0 Å². The predicted molar refractivity (Wildman–Crippen MR) is 89.7 cm³/mol. The van der Waals surface area contributed by atoms with Crippen molar-refractivity contribution in [1.29, 1.82) is 0 Å². The highest BCUT2D eigenvalue weighted by Crippen LogP contribution is 2.10. The molecule has 0 aliphatic heterocycles. The molecule has 0 aromatic heterocycles. The summed E-state index contributed by atoms with van der Waals surface area (Å²) < 4.78 is 5.20. The van der Waals surface area contributed by atoms with Crippen LogP contribution in [-0.4, -0.2) is 64.2 Å². The van der Waals surface area contributed by atoms with Gasteiger partial charge in [-0.1, -0.05) is 0 Å². The first kappa shape index (κ1) is 20.9. The molecule has 0 heterocycles. The van der Waals surface area contributed by atoms with Crippen molar-refractivity contribution in [2.24, 2.45) is 0 Å². The zero-order valence-electron chi connectivity index (χ0n) is 13.0. The van der Waals surface area contributed by atoms with Crippen LogP contribution in [0.4, 0.5) is 4.79 Å². The van der Waals surface area contributed by atoms with Gasteiger partial charge in [-0.05, 0) is 32.9 Å². The Balaban J connectivity index is 4.70. The monoisotopic (exact) mass is 352 g/mol. The lowest BCUT2D eigenvalue weighted by Gasteiger charge is -2.27. The highest BCUT2D eigenvalue weighted by atomic mass is 32.1. The molecule has 128 valence electrons. The quantitative estimate of drug-likeness (QED) is 0.490. The van der Waals surface area contributed by atoms with Gasteiger partial charge in [-0.15, -0.1) is 0 Å². The summed E-state index contributed by atoms with van der Waals surface area (Å²) in [5.74, 6) is -1.03. The van der Waals surface area contributed by atoms with E-state index in [-0.39, 0.29) is 19.5 Å². The molecular weight excluding hydrogens is 328 g/mol. The molecule has 0 saturated carbocycles. The second-order valence-electron chi connectivity index (χ2n) is 5.60. The number of hydrogen-bond donors (Lipinski definition) is 4. The van der Waals surface area contributed by atoms with Crippen LogP contribution in [0.3, 0.4) is 0 Å². The first-order valence-electron chi connectivity index (χ1n) is 6.82. The van der Waals surface area contributed by atoms with E-state index in [1.165, 1.54) is 4.90 Å². The number of nitrogens with one attached hydrogen (secondary N) is 1. The van der Waals surface area contributed by atoms with Gasteiger partial charge >= 0.3 is 12.1 Å². The van der Waals surface area contributed by atoms with Crippen LogP contribution in [0.5, 0.6) is 0 Å². The number of amides is 2. The fourth-order valence-electron chi connectivity index (χ4n) is 1.48. The largest absolute Gasteiger partial charge is 0.480 e. The number of aliphatic carboxylic acids is 1. The van der Waals surface area contributed by atoms with E-state index in [1.807, 2.05) is 0 Å². The van der Waals surface area contributed by atoms with Crippen LogP contribution in [0.25, 0.3) is 0 Å². The van der Waals surface area contributed by atoms with Crippen LogP contribution in [0.1, 0.15) is 27.2 Å². The fraction of sp³-hybridized carbons (Fsp3) is 0.769. The number of hydrogen-bond acceptors (Lipinski definition) is 6. The minimum absolute atomic E-state index is 0.198. The lowest BCUT2D eigenvalue weighted by molar-refractivity contribution is -0.142. The van der Waals surface area contributed by atoms with Crippen LogP contribution < -0.4 is 5.32 Å². The Morgan fingerprint density at radius 3 is 2.23 bits per heavy atom. The van der Waals surface area contributed by atoms with Gasteiger partial charge in [0.25, 0.3) is 0 Å². The highest BCUT2D eigenvalue weighted by Gasteiger charge is 2.25. The predicted octanol–water partition coefficient (Wildman–Crippen LogP) is 1.04. The van der Waals surface area contributed by atoms with Crippen LogP contribution in [-0.2, 0) is 14.3 Å². The first-order chi connectivity index (χ1) is 10.1. The Kier molecular flexibility index (Phi) is 9.34. The molecule has 0 rings (SSSR count). The van der Waals surface area contributed by atoms with Gasteiger partial charge in [-0.25, -0.2) is 9.59 Å². The fourth-order valence-corrected chi connectivity index (χ4v) is 1.98. The van der Waals surface area contributed by atoms with E-state index in [0.717, 1.165) is 0 Å². The lowest BCUT2D eigenvalue weighted by Crippen LogP contribution is -2.48. The second-order valence-corrected chi connectivity index (χ2v) is 6.49. The van der Waals surface area contributed by atoms with Gasteiger partial charge in [-0.2, -0.15) is 25.3 Å². The smallest absolute Gasteiger partial charge is 0.410 e. The van der Waals surface area contributed by atoms with Crippen molar-refractivity contribution in [3.63, 3.8) is 0 Å². The van der Waals surface area contributed by atoms with E-state index in [1.54, 1.807) is 20.8 Å². The molecule has 0 aromatic carbocycles. The molecule has 2 amide bonds. The number of thiol groups is 2. The molecule has 2 N–H and O–H groups in total. The SMILES string of the molecule is CC(C)(C)OC(=O)N(CCS)CC(=O)N[C@@H](CCS)C(=O)O. The molecule has 1 atom stereocenters. The molecule has 0 saturated heterocycles. The lowest BCUT2D eigenvalue weighted by atomic mass is 10.2. The summed E-state index contributed by atoms with van der Waals surface area (Å²) in [5, 5.41) is 11.3. The Hall–Kier alpha value is -1.09. The molecular formula is C13H24N2O5S2. The van der Waals surface area contributed by atoms with Gasteiger partial charge in [0.1, 0.15) is 18.2 Å². The van der Waals surface area contributed by atoms with Gasteiger partial charge < -0.3 is 15.2 Å². The molecule has 7 nitrogen and oxygen atoms in total. The number of carbonyl (C=O) groups excluding carboxylic acids is 2. The summed E-state index contributed by atoms with van der Waals surface area (Å²) in [7, 11) is 0. The zero-order chi connectivity index (χ0) is 17.3. The van der Waals surface area contributed by atoms with E-state index in [4.69, 9.17) is 9.84 Å². The topological polar surface area (TPSA) is 95.9 Å². The van der Waals surface area contributed by atoms with E-state index < -0.39 is 29.6 Å². The molecule has 0 aromatic rings. The molecule has 0 radical (unpaired) electrons. The van der Waals surface area contributed by atoms with E-state index >= 15 is 0 Å². The number of nitrogens with zero attached hydrogens (tertiary/aromatic N) is 1. The number of ether oxygens (including phenoxy) is 1. The van der Waals surface area contributed by atoms with Crippen molar-refractivity contribution < 1.29 is 24.2 Å². The van der Waals surface area contributed by atoms with Gasteiger partial charge in [0.2, 0.25) is 5.91 Å². The van der Waals surface area contributed by atoms with Crippen LogP contribution in [0.2, 0.25) is 0 Å². The molecule has 22 heavy (non-hydrogen) atoms. The van der Waals surface area contributed by atoms with Crippen molar-refractivity contribution in [1.82, 2.24) is 10.2 Å². The molecule has 0 unspecified atom stereocenters. The molecule has 0 fully saturated rings.